The van der Waals surface area contributed by atoms with E-state index in [2.05, 4.69) is 13.0 Å². The summed E-state index contributed by atoms with van der Waals surface area (Å²) in [7, 11) is 0. The Bertz CT molecular complexity index is 735. The lowest BCUT2D eigenvalue weighted by Gasteiger charge is -2.56. The second kappa shape index (κ2) is 7.31. The first kappa shape index (κ1) is 21.0. The van der Waals surface area contributed by atoms with Crippen LogP contribution in [0.1, 0.15) is 84.5 Å². The summed E-state index contributed by atoms with van der Waals surface area (Å²) in [5.74, 6) is 4.21. The van der Waals surface area contributed by atoms with Crippen molar-refractivity contribution in [3.8, 4) is 6.07 Å². The van der Waals surface area contributed by atoms with Gasteiger partial charge in [-0.2, -0.15) is 5.26 Å². The van der Waals surface area contributed by atoms with Crippen molar-refractivity contribution in [3.63, 3.8) is 0 Å². The SMILES string of the molecule is C[C@@]1(O)CC[C@H]2[C@H](CC[C@@H]3[C@@H]2CC[C@]2(C)[C@@H](C(=O)COCC4(C#N)CC4)CC[C@@H]32)C1. The summed E-state index contributed by atoms with van der Waals surface area (Å²) in [5.41, 5.74) is -0.600. The minimum atomic E-state index is -0.452. The van der Waals surface area contributed by atoms with Gasteiger partial charge < -0.3 is 9.84 Å². The van der Waals surface area contributed by atoms with E-state index in [4.69, 9.17) is 4.74 Å². The van der Waals surface area contributed by atoms with Gasteiger partial charge in [-0.1, -0.05) is 6.92 Å². The molecule has 5 saturated carbocycles. The van der Waals surface area contributed by atoms with Crippen LogP contribution >= 0.6 is 0 Å². The standard InChI is InChI=1S/C26H39NO3/c1-24(29)9-7-18-17(13-24)3-4-20-19(18)8-10-25(2)21(20)5-6-22(25)23(28)14-30-16-26(15-27)11-12-26/h17-22,29H,3-14,16H2,1-2H3/t17-,18+,19-,20-,21+,22-,24-,25+/m1/s1. The number of fused-ring (bicyclic) bond motifs is 5. The molecule has 0 bridgehead atoms. The predicted octanol–water partition coefficient (Wildman–Crippen LogP) is 4.90. The molecule has 166 valence electrons. The van der Waals surface area contributed by atoms with Crippen LogP contribution in [0.3, 0.4) is 0 Å². The van der Waals surface area contributed by atoms with Crippen molar-refractivity contribution in [1.82, 2.24) is 0 Å². The van der Waals surface area contributed by atoms with E-state index in [1.54, 1.807) is 0 Å². The molecule has 0 unspecified atom stereocenters. The third-order valence-electron chi connectivity index (χ3n) is 10.3. The van der Waals surface area contributed by atoms with E-state index in [0.717, 1.165) is 49.9 Å². The zero-order chi connectivity index (χ0) is 21.1. The largest absolute Gasteiger partial charge is 0.390 e. The molecule has 0 aromatic rings. The Balaban J connectivity index is 1.23. The zero-order valence-electron chi connectivity index (χ0n) is 18.9. The summed E-state index contributed by atoms with van der Waals surface area (Å²) in [6.45, 7) is 5.06. The first-order valence-corrected chi connectivity index (χ1v) is 12.5. The minimum Gasteiger partial charge on any atom is -0.390 e. The van der Waals surface area contributed by atoms with E-state index in [1.807, 2.05) is 6.92 Å². The lowest BCUT2D eigenvalue weighted by Crippen LogP contribution is -2.51. The van der Waals surface area contributed by atoms with E-state index in [0.29, 0.717) is 18.4 Å². The first-order valence-electron chi connectivity index (χ1n) is 12.5. The van der Waals surface area contributed by atoms with E-state index >= 15 is 0 Å². The summed E-state index contributed by atoms with van der Waals surface area (Å²) < 4.78 is 5.75. The summed E-state index contributed by atoms with van der Waals surface area (Å²) in [6.07, 6.45) is 12.2. The number of carbonyl (C=O) groups excluding carboxylic acids is 1. The molecule has 4 heteroatoms. The van der Waals surface area contributed by atoms with E-state index in [-0.39, 0.29) is 29.1 Å². The smallest absolute Gasteiger partial charge is 0.162 e. The number of ketones is 1. The van der Waals surface area contributed by atoms with Crippen molar-refractivity contribution in [1.29, 1.82) is 5.26 Å². The van der Waals surface area contributed by atoms with Gasteiger partial charge in [-0.05, 0) is 113 Å². The van der Waals surface area contributed by atoms with Crippen LogP contribution in [0.4, 0.5) is 0 Å². The fourth-order valence-electron chi connectivity index (χ4n) is 8.50. The molecule has 8 atom stereocenters. The van der Waals surface area contributed by atoms with Gasteiger partial charge in [0.15, 0.2) is 5.78 Å². The summed E-state index contributed by atoms with van der Waals surface area (Å²) in [6, 6.07) is 2.36. The molecule has 5 aliphatic rings. The maximum Gasteiger partial charge on any atom is 0.162 e. The lowest BCUT2D eigenvalue weighted by molar-refractivity contribution is -0.136. The molecular weight excluding hydrogens is 374 g/mol. The number of rotatable bonds is 5. The van der Waals surface area contributed by atoms with Crippen LogP contribution in [0.2, 0.25) is 0 Å². The van der Waals surface area contributed by atoms with Gasteiger partial charge in [-0.25, -0.2) is 0 Å². The Morgan fingerprint density at radius 2 is 1.77 bits per heavy atom. The highest BCUT2D eigenvalue weighted by Gasteiger charge is 2.58. The average Bonchev–Trinajstić information content (AvgIpc) is 3.40. The molecule has 0 aromatic carbocycles. The molecule has 30 heavy (non-hydrogen) atoms. The Kier molecular flexibility index (Phi) is 5.10. The van der Waals surface area contributed by atoms with Gasteiger partial charge in [0.25, 0.3) is 0 Å². The van der Waals surface area contributed by atoms with Crippen molar-refractivity contribution < 1.29 is 14.6 Å². The molecular formula is C26H39NO3. The Morgan fingerprint density at radius 3 is 2.50 bits per heavy atom. The molecule has 0 saturated heterocycles. The van der Waals surface area contributed by atoms with Crippen LogP contribution in [0.25, 0.3) is 0 Å². The number of hydrogen-bond acceptors (Lipinski definition) is 4. The predicted molar refractivity (Wildman–Crippen MR) is 114 cm³/mol. The van der Waals surface area contributed by atoms with Crippen LogP contribution in [-0.4, -0.2) is 29.7 Å². The molecule has 4 nitrogen and oxygen atoms in total. The van der Waals surface area contributed by atoms with E-state index in [1.165, 1.54) is 38.5 Å². The number of aliphatic hydroxyl groups is 1. The van der Waals surface area contributed by atoms with E-state index in [9.17, 15) is 15.2 Å². The molecule has 0 spiro atoms. The van der Waals surface area contributed by atoms with Gasteiger partial charge >= 0.3 is 0 Å². The number of ether oxygens (including phenoxy) is 1. The van der Waals surface area contributed by atoms with Crippen LogP contribution < -0.4 is 0 Å². The highest BCUT2D eigenvalue weighted by atomic mass is 16.5. The quantitative estimate of drug-likeness (QED) is 0.696. The second-order valence-electron chi connectivity index (χ2n) is 12.2. The number of carbonyl (C=O) groups is 1. The Labute approximate surface area is 181 Å². The molecule has 1 N–H and O–H groups in total. The summed E-state index contributed by atoms with van der Waals surface area (Å²) >= 11 is 0. The van der Waals surface area contributed by atoms with Crippen molar-refractivity contribution in [2.45, 2.75) is 90.1 Å². The molecule has 0 radical (unpaired) electrons. The highest BCUT2D eigenvalue weighted by Crippen LogP contribution is 2.64. The fourth-order valence-corrected chi connectivity index (χ4v) is 8.50. The number of nitriles is 1. The summed E-state index contributed by atoms with van der Waals surface area (Å²) in [4.78, 5) is 13.1. The van der Waals surface area contributed by atoms with Crippen molar-refractivity contribution >= 4 is 5.78 Å². The Morgan fingerprint density at radius 1 is 1.00 bits per heavy atom. The number of hydrogen-bond donors (Lipinski definition) is 1. The van der Waals surface area contributed by atoms with Crippen molar-refractivity contribution in [2.75, 3.05) is 13.2 Å². The van der Waals surface area contributed by atoms with Gasteiger partial charge in [-0.3, -0.25) is 4.79 Å². The highest BCUT2D eigenvalue weighted by molar-refractivity contribution is 5.83. The third kappa shape index (κ3) is 3.45. The molecule has 0 heterocycles. The zero-order valence-corrected chi connectivity index (χ0v) is 18.9. The topological polar surface area (TPSA) is 70.3 Å². The average molecular weight is 414 g/mol. The molecule has 5 rings (SSSR count). The third-order valence-corrected chi connectivity index (χ3v) is 10.3. The Hall–Kier alpha value is -0.920. The minimum absolute atomic E-state index is 0.140. The van der Waals surface area contributed by atoms with Crippen molar-refractivity contribution in [3.05, 3.63) is 0 Å². The second-order valence-corrected chi connectivity index (χ2v) is 12.2. The molecule has 5 fully saturated rings. The van der Waals surface area contributed by atoms with Gasteiger partial charge in [-0.15, -0.1) is 0 Å². The molecule has 5 aliphatic carbocycles. The normalized spacial score (nSPS) is 48.7. The maximum absolute atomic E-state index is 13.1. The van der Waals surface area contributed by atoms with Gasteiger partial charge in [0.2, 0.25) is 0 Å². The van der Waals surface area contributed by atoms with Crippen LogP contribution in [0.5, 0.6) is 0 Å². The van der Waals surface area contributed by atoms with Crippen LogP contribution in [0.15, 0.2) is 0 Å². The van der Waals surface area contributed by atoms with Gasteiger partial charge in [0.1, 0.15) is 6.61 Å². The van der Waals surface area contributed by atoms with Crippen LogP contribution in [-0.2, 0) is 9.53 Å². The first-order chi connectivity index (χ1) is 14.3. The fraction of sp³-hybridized carbons (Fsp3) is 0.923. The summed E-state index contributed by atoms with van der Waals surface area (Å²) in [5, 5.41) is 19.8. The molecule has 0 aromatic heterocycles. The van der Waals surface area contributed by atoms with E-state index < -0.39 is 5.60 Å². The lowest BCUT2D eigenvalue weighted by atomic mass is 9.49. The van der Waals surface area contributed by atoms with Crippen LogP contribution in [0, 0.1) is 57.7 Å². The number of Topliss-reactive ketones (excluding diaryl/α,β-unsaturated/α-hetero) is 1. The maximum atomic E-state index is 13.1. The van der Waals surface area contributed by atoms with Gasteiger partial charge in [0, 0.05) is 5.92 Å². The monoisotopic (exact) mass is 413 g/mol. The number of nitrogens with zero attached hydrogens (tertiary/aromatic N) is 1. The van der Waals surface area contributed by atoms with Gasteiger partial charge in [0.05, 0.1) is 23.7 Å². The van der Waals surface area contributed by atoms with Crippen molar-refractivity contribution in [2.24, 2.45) is 46.3 Å². The molecule has 0 amide bonds. The molecule has 0 aliphatic heterocycles.